The first-order valence-corrected chi connectivity index (χ1v) is 7.98. The van der Waals surface area contributed by atoms with Gasteiger partial charge in [-0.05, 0) is 68.9 Å². The van der Waals surface area contributed by atoms with Gasteiger partial charge in [-0.2, -0.15) is 5.10 Å². The van der Waals surface area contributed by atoms with Gasteiger partial charge >= 0.3 is 0 Å². The van der Waals surface area contributed by atoms with Crippen LogP contribution in [0.15, 0.2) is 17.2 Å². The second-order valence-corrected chi connectivity index (χ2v) is 6.86. The van der Waals surface area contributed by atoms with Crippen LogP contribution in [0, 0.1) is 6.92 Å². The van der Waals surface area contributed by atoms with Gasteiger partial charge in [0.1, 0.15) is 0 Å². The number of nitrogens with zero attached hydrogens (tertiary/aromatic N) is 2. The minimum atomic E-state index is -0.154. The van der Waals surface area contributed by atoms with Crippen LogP contribution in [0.25, 0.3) is 0 Å². The summed E-state index contributed by atoms with van der Waals surface area (Å²) in [5.74, 6) is 0.362. The molecule has 0 spiro atoms. The van der Waals surface area contributed by atoms with Crippen LogP contribution in [0.3, 0.4) is 0 Å². The lowest BCUT2D eigenvalue weighted by Gasteiger charge is -2.47. The van der Waals surface area contributed by atoms with E-state index in [0.717, 1.165) is 18.5 Å². The number of nitrogens with one attached hydrogen (secondary N) is 1. The van der Waals surface area contributed by atoms with Crippen LogP contribution < -0.4 is 10.3 Å². The fraction of sp³-hybridized carbons (Fsp3) is 0.556. The van der Waals surface area contributed by atoms with E-state index in [1.165, 1.54) is 23.7 Å². The van der Waals surface area contributed by atoms with E-state index in [2.05, 4.69) is 62.2 Å². The van der Waals surface area contributed by atoms with Gasteiger partial charge in [-0.3, -0.25) is 4.79 Å². The quantitative estimate of drug-likeness (QED) is 0.685. The molecule has 0 saturated heterocycles. The van der Waals surface area contributed by atoms with Gasteiger partial charge in [0.25, 0.3) is 0 Å². The molecule has 1 aliphatic heterocycles. The molecule has 4 heteroatoms. The number of aryl methyl sites for hydroxylation is 1. The molecule has 0 fully saturated rings. The van der Waals surface area contributed by atoms with E-state index in [9.17, 15) is 4.79 Å². The lowest BCUT2D eigenvalue weighted by atomic mass is 9.79. The minimum absolute atomic E-state index is 0.154. The molecule has 1 aromatic rings. The van der Waals surface area contributed by atoms with Crippen LogP contribution in [-0.4, -0.2) is 24.2 Å². The van der Waals surface area contributed by atoms with E-state index in [1.54, 1.807) is 6.21 Å². The molecule has 1 amide bonds. The zero-order valence-corrected chi connectivity index (χ0v) is 14.5. The number of carbonyl (C=O) groups excluding carboxylic acids is 1. The Morgan fingerprint density at radius 1 is 1.50 bits per heavy atom. The molecule has 2 rings (SSSR count). The number of carbonyl (C=O) groups is 1. The fourth-order valence-electron chi connectivity index (χ4n) is 3.58. The molecule has 1 N–H and O–H groups in total. The van der Waals surface area contributed by atoms with Crippen LogP contribution in [-0.2, 0) is 4.79 Å². The third-order valence-electron chi connectivity index (χ3n) is 4.52. The lowest BCUT2D eigenvalue weighted by molar-refractivity contribution is -0.118. The Hall–Kier alpha value is -1.84. The number of rotatable bonds is 3. The number of hydrazone groups is 1. The Labute approximate surface area is 133 Å². The Kier molecular flexibility index (Phi) is 4.59. The summed E-state index contributed by atoms with van der Waals surface area (Å²) in [4.78, 5) is 13.4. The van der Waals surface area contributed by atoms with E-state index in [4.69, 9.17) is 0 Å². The second kappa shape index (κ2) is 6.11. The largest absolute Gasteiger partial charge is 0.366 e. The number of amides is 1. The van der Waals surface area contributed by atoms with Crippen molar-refractivity contribution in [2.45, 2.75) is 59.4 Å². The van der Waals surface area contributed by atoms with Crippen LogP contribution in [0.5, 0.6) is 0 Å². The molecule has 4 nitrogen and oxygen atoms in total. The van der Waals surface area contributed by atoms with E-state index >= 15 is 0 Å². The average molecular weight is 301 g/mol. The van der Waals surface area contributed by atoms with Crippen molar-refractivity contribution < 1.29 is 4.79 Å². The van der Waals surface area contributed by atoms with Gasteiger partial charge in [0.2, 0.25) is 5.91 Å². The predicted molar refractivity (Wildman–Crippen MR) is 92.7 cm³/mol. The van der Waals surface area contributed by atoms with Gasteiger partial charge in [0.15, 0.2) is 0 Å². The normalized spacial score (nSPS) is 20.1. The second-order valence-electron chi connectivity index (χ2n) is 6.86. The Bertz CT molecular complexity index is 605. The van der Waals surface area contributed by atoms with Gasteiger partial charge in [0, 0.05) is 24.7 Å². The van der Waals surface area contributed by atoms with E-state index in [1.807, 2.05) is 0 Å². The maximum Gasteiger partial charge on any atom is 0.236 e. The molecule has 120 valence electrons. The topological polar surface area (TPSA) is 44.7 Å². The predicted octanol–water partition coefficient (Wildman–Crippen LogP) is 3.58. The first-order valence-electron chi connectivity index (χ1n) is 7.98. The Morgan fingerprint density at radius 2 is 2.18 bits per heavy atom. The molecule has 0 bridgehead atoms. The van der Waals surface area contributed by atoms with Crippen molar-refractivity contribution in [3.8, 4) is 0 Å². The van der Waals surface area contributed by atoms with Crippen LogP contribution >= 0.6 is 0 Å². The van der Waals surface area contributed by atoms with Gasteiger partial charge < -0.3 is 4.90 Å². The van der Waals surface area contributed by atoms with Gasteiger partial charge in [-0.15, -0.1) is 0 Å². The molecule has 1 atom stereocenters. The maximum atomic E-state index is 10.9. The fourth-order valence-corrected chi connectivity index (χ4v) is 3.58. The van der Waals surface area contributed by atoms with Gasteiger partial charge in [0.05, 0.1) is 6.21 Å². The first kappa shape index (κ1) is 16.5. The standard InChI is InChI=1S/C18H27N3O/c1-7-21-17-8-12(2)15(11-19-20-14(4)22)9-16(17)13(3)10-18(21,5)6/h8-9,11,13H,7,10H2,1-6H3,(H,20,22)/b19-11+. The van der Waals surface area contributed by atoms with E-state index < -0.39 is 0 Å². The molecule has 0 radical (unpaired) electrons. The summed E-state index contributed by atoms with van der Waals surface area (Å²) in [5.41, 5.74) is 7.59. The zero-order chi connectivity index (χ0) is 16.5. The van der Waals surface area contributed by atoms with Crippen LogP contribution in [0.4, 0.5) is 5.69 Å². The average Bonchev–Trinajstić information content (AvgIpc) is 2.39. The molecule has 1 unspecified atom stereocenters. The van der Waals surface area contributed by atoms with Crippen LogP contribution in [0.2, 0.25) is 0 Å². The number of hydrogen-bond donors (Lipinski definition) is 1. The van der Waals surface area contributed by atoms with Gasteiger partial charge in [-0.1, -0.05) is 6.92 Å². The molecular weight excluding hydrogens is 274 g/mol. The number of fused-ring (bicyclic) bond motifs is 1. The number of benzene rings is 1. The monoisotopic (exact) mass is 301 g/mol. The minimum Gasteiger partial charge on any atom is -0.366 e. The highest BCUT2D eigenvalue weighted by molar-refractivity contribution is 5.85. The molecule has 0 saturated carbocycles. The maximum absolute atomic E-state index is 10.9. The summed E-state index contributed by atoms with van der Waals surface area (Å²) >= 11 is 0. The number of hydrogen-bond acceptors (Lipinski definition) is 3. The summed E-state index contributed by atoms with van der Waals surface area (Å²) < 4.78 is 0. The molecule has 1 aliphatic rings. The Morgan fingerprint density at radius 3 is 2.77 bits per heavy atom. The number of anilines is 1. The highest BCUT2D eigenvalue weighted by Gasteiger charge is 2.35. The molecular formula is C18H27N3O. The molecule has 22 heavy (non-hydrogen) atoms. The van der Waals surface area contributed by atoms with Crippen molar-refractivity contribution >= 4 is 17.8 Å². The summed E-state index contributed by atoms with van der Waals surface area (Å²) in [6, 6.07) is 4.48. The molecule has 0 aromatic heterocycles. The first-order chi connectivity index (χ1) is 10.3. The van der Waals surface area contributed by atoms with Gasteiger partial charge in [-0.25, -0.2) is 5.43 Å². The highest BCUT2D eigenvalue weighted by atomic mass is 16.2. The van der Waals surface area contributed by atoms with Crippen molar-refractivity contribution in [3.63, 3.8) is 0 Å². The SMILES string of the molecule is CCN1c2cc(C)c(/C=N/NC(C)=O)cc2C(C)CC1(C)C. The van der Waals surface area contributed by atoms with Crippen molar-refractivity contribution in [1.82, 2.24) is 5.43 Å². The smallest absolute Gasteiger partial charge is 0.236 e. The third kappa shape index (κ3) is 3.16. The molecule has 0 aliphatic carbocycles. The lowest BCUT2D eigenvalue weighted by Crippen LogP contribution is -2.48. The summed E-state index contributed by atoms with van der Waals surface area (Å²) in [6.07, 6.45) is 2.87. The zero-order valence-electron chi connectivity index (χ0n) is 14.5. The highest BCUT2D eigenvalue weighted by Crippen LogP contribution is 2.43. The van der Waals surface area contributed by atoms with Crippen molar-refractivity contribution in [1.29, 1.82) is 0 Å². The van der Waals surface area contributed by atoms with Crippen LogP contribution in [0.1, 0.15) is 63.6 Å². The van der Waals surface area contributed by atoms with Crippen molar-refractivity contribution in [3.05, 3.63) is 28.8 Å². The molecule has 1 heterocycles. The third-order valence-corrected chi connectivity index (χ3v) is 4.52. The Balaban J connectivity index is 2.44. The summed E-state index contributed by atoms with van der Waals surface area (Å²) in [6.45, 7) is 13.7. The summed E-state index contributed by atoms with van der Waals surface area (Å²) in [7, 11) is 0. The molecule has 1 aromatic carbocycles. The van der Waals surface area contributed by atoms with Crippen molar-refractivity contribution in [2.75, 3.05) is 11.4 Å². The van der Waals surface area contributed by atoms with E-state index in [-0.39, 0.29) is 11.4 Å². The van der Waals surface area contributed by atoms with Crippen molar-refractivity contribution in [2.24, 2.45) is 5.10 Å². The van der Waals surface area contributed by atoms with E-state index in [0.29, 0.717) is 5.92 Å². The summed E-state index contributed by atoms with van der Waals surface area (Å²) in [5, 5.41) is 4.01.